The summed E-state index contributed by atoms with van der Waals surface area (Å²) in [5, 5.41) is 4.01. The second-order valence-corrected chi connectivity index (χ2v) is 6.11. The van der Waals surface area contributed by atoms with Crippen molar-refractivity contribution in [2.75, 3.05) is 20.3 Å². The van der Waals surface area contributed by atoms with Gasteiger partial charge in [-0.05, 0) is 26.3 Å². The van der Waals surface area contributed by atoms with Gasteiger partial charge in [0.25, 0.3) is 0 Å². The summed E-state index contributed by atoms with van der Waals surface area (Å²) in [6.45, 7) is 4.31. The minimum atomic E-state index is -0.282. The Labute approximate surface area is 125 Å². The molecule has 2 fully saturated rings. The lowest BCUT2D eigenvalue weighted by atomic mass is 9.89. The van der Waals surface area contributed by atoms with E-state index in [2.05, 4.69) is 29.0 Å². The largest absolute Gasteiger partial charge is 0.348 e. The molecule has 1 aliphatic carbocycles. The van der Waals surface area contributed by atoms with Gasteiger partial charge in [-0.15, -0.1) is 0 Å². The number of aryl methyl sites for hydroxylation is 1. The quantitative estimate of drug-likeness (QED) is 0.829. The van der Waals surface area contributed by atoms with Gasteiger partial charge >= 0.3 is 0 Å². The van der Waals surface area contributed by atoms with Crippen LogP contribution in [0.2, 0.25) is 0 Å². The van der Waals surface area contributed by atoms with Gasteiger partial charge in [0.2, 0.25) is 5.89 Å². The third-order valence-electron chi connectivity index (χ3n) is 4.52. The van der Waals surface area contributed by atoms with Gasteiger partial charge in [-0.3, -0.25) is 4.90 Å². The Bertz CT molecular complexity index is 447. The maximum atomic E-state index is 5.78. The van der Waals surface area contributed by atoms with Crippen LogP contribution in [0.4, 0.5) is 0 Å². The molecule has 6 nitrogen and oxygen atoms in total. The number of ether oxygens (including phenoxy) is 2. The molecule has 1 saturated heterocycles. The van der Waals surface area contributed by atoms with Crippen LogP contribution in [0.1, 0.15) is 50.7 Å². The summed E-state index contributed by atoms with van der Waals surface area (Å²) in [4.78, 5) is 6.75. The van der Waals surface area contributed by atoms with Crippen molar-refractivity contribution >= 4 is 0 Å². The molecule has 1 saturated carbocycles. The standard InChI is InChI=1S/C15H25N3O3/c1-3-4-13-16-14(21-17-13)11-18(2)12-5-7-15(8-6-12)19-9-10-20-15/h12H,3-11H2,1-2H3. The molecule has 0 atom stereocenters. The van der Waals surface area contributed by atoms with E-state index >= 15 is 0 Å². The van der Waals surface area contributed by atoms with Crippen LogP contribution in [0.15, 0.2) is 4.52 Å². The summed E-state index contributed by atoms with van der Waals surface area (Å²) in [7, 11) is 2.13. The Morgan fingerprint density at radius 2 is 1.95 bits per heavy atom. The molecule has 0 radical (unpaired) electrons. The van der Waals surface area contributed by atoms with Gasteiger partial charge < -0.3 is 14.0 Å². The molecule has 6 heteroatoms. The van der Waals surface area contributed by atoms with E-state index < -0.39 is 0 Å². The Balaban J connectivity index is 1.50. The maximum absolute atomic E-state index is 5.78. The maximum Gasteiger partial charge on any atom is 0.240 e. The van der Waals surface area contributed by atoms with E-state index in [1.807, 2.05) is 0 Å². The molecule has 1 aliphatic heterocycles. The highest BCUT2D eigenvalue weighted by molar-refractivity contribution is 4.90. The van der Waals surface area contributed by atoms with Crippen molar-refractivity contribution in [3.05, 3.63) is 11.7 Å². The number of hydrogen-bond acceptors (Lipinski definition) is 6. The first-order valence-corrected chi connectivity index (χ1v) is 8.00. The zero-order chi connectivity index (χ0) is 14.7. The minimum absolute atomic E-state index is 0.282. The topological polar surface area (TPSA) is 60.6 Å². The fourth-order valence-electron chi connectivity index (χ4n) is 3.29. The molecule has 0 N–H and O–H groups in total. The molecule has 1 aromatic rings. The third kappa shape index (κ3) is 3.44. The van der Waals surface area contributed by atoms with Crippen LogP contribution in [0.25, 0.3) is 0 Å². The average molecular weight is 295 g/mol. The minimum Gasteiger partial charge on any atom is -0.348 e. The van der Waals surface area contributed by atoms with E-state index in [1.54, 1.807) is 0 Å². The summed E-state index contributed by atoms with van der Waals surface area (Å²) in [5.74, 6) is 1.25. The van der Waals surface area contributed by atoms with E-state index in [0.717, 1.165) is 70.0 Å². The van der Waals surface area contributed by atoms with Crippen LogP contribution in [-0.2, 0) is 22.4 Å². The highest BCUT2D eigenvalue weighted by atomic mass is 16.7. The molecule has 0 bridgehead atoms. The average Bonchev–Trinajstić information content (AvgIpc) is 3.11. The number of hydrogen-bond donors (Lipinski definition) is 0. The van der Waals surface area contributed by atoms with Crippen molar-refractivity contribution in [3.8, 4) is 0 Å². The molecule has 3 rings (SSSR count). The highest BCUT2D eigenvalue weighted by Gasteiger charge is 2.41. The molecule has 21 heavy (non-hydrogen) atoms. The van der Waals surface area contributed by atoms with Crippen LogP contribution in [0.3, 0.4) is 0 Å². The smallest absolute Gasteiger partial charge is 0.240 e. The molecule has 118 valence electrons. The fraction of sp³-hybridized carbons (Fsp3) is 0.867. The van der Waals surface area contributed by atoms with Crippen LogP contribution in [0, 0.1) is 0 Å². The first-order chi connectivity index (χ1) is 10.2. The third-order valence-corrected chi connectivity index (χ3v) is 4.52. The second-order valence-electron chi connectivity index (χ2n) is 6.11. The van der Waals surface area contributed by atoms with Gasteiger partial charge in [-0.25, -0.2) is 0 Å². The lowest BCUT2D eigenvalue weighted by Crippen LogP contribution is -2.42. The predicted octanol–water partition coefficient (Wildman–Crippen LogP) is 2.14. The zero-order valence-electron chi connectivity index (χ0n) is 13.0. The SMILES string of the molecule is CCCc1noc(CN(C)C2CCC3(CC2)OCCO3)n1. The van der Waals surface area contributed by atoms with Gasteiger partial charge in [-0.1, -0.05) is 12.1 Å². The molecular weight excluding hydrogens is 270 g/mol. The Morgan fingerprint density at radius 1 is 1.24 bits per heavy atom. The summed E-state index contributed by atoms with van der Waals surface area (Å²) in [5.41, 5.74) is 0. The van der Waals surface area contributed by atoms with Gasteiger partial charge in [-0.2, -0.15) is 4.98 Å². The molecule has 1 aromatic heterocycles. The molecule has 2 heterocycles. The Morgan fingerprint density at radius 3 is 2.62 bits per heavy atom. The van der Waals surface area contributed by atoms with Crippen molar-refractivity contribution in [1.82, 2.24) is 15.0 Å². The van der Waals surface area contributed by atoms with Gasteiger partial charge in [0.15, 0.2) is 11.6 Å². The van der Waals surface area contributed by atoms with Crippen molar-refractivity contribution in [1.29, 1.82) is 0 Å². The fourth-order valence-corrected chi connectivity index (χ4v) is 3.29. The first-order valence-electron chi connectivity index (χ1n) is 8.00. The number of rotatable bonds is 5. The van der Waals surface area contributed by atoms with Crippen molar-refractivity contribution in [3.63, 3.8) is 0 Å². The Hall–Kier alpha value is -0.980. The summed E-state index contributed by atoms with van der Waals surface area (Å²) in [6.07, 6.45) is 6.06. The van der Waals surface area contributed by atoms with Gasteiger partial charge in [0.1, 0.15) is 0 Å². The lowest BCUT2D eigenvalue weighted by Gasteiger charge is -2.38. The van der Waals surface area contributed by atoms with E-state index in [1.165, 1.54) is 0 Å². The number of aromatic nitrogens is 2. The molecule has 0 amide bonds. The predicted molar refractivity (Wildman–Crippen MR) is 76.7 cm³/mol. The lowest BCUT2D eigenvalue weighted by molar-refractivity contribution is -0.183. The van der Waals surface area contributed by atoms with Gasteiger partial charge in [0, 0.05) is 25.3 Å². The van der Waals surface area contributed by atoms with Gasteiger partial charge in [0.05, 0.1) is 19.8 Å². The van der Waals surface area contributed by atoms with E-state index in [9.17, 15) is 0 Å². The normalized spacial score (nSPS) is 22.4. The summed E-state index contributed by atoms with van der Waals surface area (Å²) >= 11 is 0. The van der Waals surface area contributed by atoms with Crippen LogP contribution < -0.4 is 0 Å². The first kappa shape index (κ1) is 14.9. The van der Waals surface area contributed by atoms with Crippen molar-refractivity contribution in [2.45, 2.75) is 63.8 Å². The van der Waals surface area contributed by atoms with E-state index in [-0.39, 0.29) is 5.79 Å². The second kappa shape index (κ2) is 6.42. The van der Waals surface area contributed by atoms with Crippen molar-refractivity contribution in [2.24, 2.45) is 0 Å². The van der Waals surface area contributed by atoms with Crippen molar-refractivity contribution < 1.29 is 14.0 Å². The van der Waals surface area contributed by atoms with E-state index in [4.69, 9.17) is 14.0 Å². The van der Waals surface area contributed by atoms with Crippen LogP contribution in [-0.4, -0.2) is 47.1 Å². The van der Waals surface area contributed by atoms with Crippen LogP contribution in [0.5, 0.6) is 0 Å². The highest BCUT2D eigenvalue weighted by Crippen LogP contribution is 2.37. The molecule has 0 unspecified atom stereocenters. The van der Waals surface area contributed by atoms with E-state index in [0.29, 0.717) is 6.04 Å². The molecule has 2 aliphatic rings. The zero-order valence-corrected chi connectivity index (χ0v) is 13.0. The molecule has 0 aromatic carbocycles. The Kier molecular flexibility index (Phi) is 4.57. The summed E-state index contributed by atoms with van der Waals surface area (Å²) < 4.78 is 16.9. The molecule has 1 spiro atoms. The molecular formula is C15H25N3O3. The summed E-state index contributed by atoms with van der Waals surface area (Å²) in [6, 6.07) is 0.532. The number of nitrogens with zero attached hydrogens (tertiary/aromatic N) is 3. The monoisotopic (exact) mass is 295 g/mol. The van der Waals surface area contributed by atoms with Crippen LogP contribution >= 0.6 is 0 Å².